The molecule has 0 atom stereocenters. The maximum atomic E-state index is 6.08. The molecule has 0 unspecified atom stereocenters. The molecule has 102 valence electrons. The Kier molecular flexibility index (Phi) is 5.31. The molecule has 20 heavy (non-hydrogen) atoms. The molecule has 2 aromatic rings. The molecule has 0 fully saturated rings. The van der Waals surface area contributed by atoms with Gasteiger partial charge in [0.25, 0.3) is 0 Å². The average molecular weight is 306 g/mol. The third kappa shape index (κ3) is 3.68. The summed E-state index contributed by atoms with van der Waals surface area (Å²) in [6.45, 7) is 0.699. The van der Waals surface area contributed by atoms with Crippen molar-refractivity contribution in [3.63, 3.8) is 0 Å². The first-order valence-electron chi connectivity index (χ1n) is 6.06. The average Bonchev–Trinajstić information content (AvgIpc) is 2.47. The standard InChI is InChI=1S/C16H13Cl2NO/c17-14-8-3-9-15(16(14)18)20-11-13-6-2-1-5-12(13)7-4-10-19/h1-3,5-6,8-9H,10-11,19H2. The van der Waals surface area contributed by atoms with Crippen molar-refractivity contribution >= 4 is 23.2 Å². The van der Waals surface area contributed by atoms with Crippen molar-refractivity contribution in [2.24, 2.45) is 5.73 Å². The summed E-state index contributed by atoms with van der Waals surface area (Å²) in [4.78, 5) is 0. The lowest BCUT2D eigenvalue weighted by molar-refractivity contribution is 0.306. The molecule has 0 heterocycles. The van der Waals surface area contributed by atoms with Crippen molar-refractivity contribution in [1.29, 1.82) is 0 Å². The molecule has 0 amide bonds. The van der Waals surface area contributed by atoms with Gasteiger partial charge in [0.2, 0.25) is 0 Å². The highest BCUT2D eigenvalue weighted by molar-refractivity contribution is 6.42. The molecule has 0 saturated carbocycles. The number of halogens is 2. The number of rotatable bonds is 3. The van der Waals surface area contributed by atoms with E-state index in [0.717, 1.165) is 11.1 Å². The van der Waals surface area contributed by atoms with E-state index in [1.54, 1.807) is 18.2 Å². The van der Waals surface area contributed by atoms with Gasteiger partial charge in [-0.3, -0.25) is 0 Å². The van der Waals surface area contributed by atoms with E-state index >= 15 is 0 Å². The Bertz CT molecular complexity index is 659. The van der Waals surface area contributed by atoms with Crippen molar-refractivity contribution in [2.75, 3.05) is 6.54 Å². The summed E-state index contributed by atoms with van der Waals surface area (Å²) in [5, 5.41) is 0.889. The predicted molar refractivity (Wildman–Crippen MR) is 83.2 cm³/mol. The summed E-state index contributed by atoms with van der Waals surface area (Å²) in [5.74, 6) is 6.42. The van der Waals surface area contributed by atoms with Gasteiger partial charge in [0.1, 0.15) is 17.4 Å². The number of benzene rings is 2. The summed E-state index contributed by atoms with van der Waals surface area (Å²) in [7, 11) is 0. The molecule has 0 aliphatic heterocycles. The Labute approximate surface area is 128 Å². The molecular formula is C16H13Cl2NO. The lowest BCUT2D eigenvalue weighted by Crippen LogP contribution is -1.99. The van der Waals surface area contributed by atoms with Crippen molar-refractivity contribution in [3.8, 4) is 17.6 Å². The highest BCUT2D eigenvalue weighted by atomic mass is 35.5. The van der Waals surface area contributed by atoms with Crippen LogP contribution >= 0.6 is 23.2 Å². The maximum absolute atomic E-state index is 6.08. The van der Waals surface area contributed by atoms with Crippen molar-refractivity contribution in [1.82, 2.24) is 0 Å². The van der Waals surface area contributed by atoms with E-state index in [2.05, 4.69) is 11.8 Å². The third-order valence-corrected chi connectivity index (χ3v) is 3.44. The van der Waals surface area contributed by atoms with E-state index < -0.39 is 0 Å². The molecule has 0 bridgehead atoms. The number of hydrogen-bond donors (Lipinski definition) is 1. The predicted octanol–water partition coefficient (Wildman–Crippen LogP) is 3.88. The molecule has 0 aliphatic rings. The van der Waals surface area contributed by atoms with Crippen LogP contribution in [-0.4, -0.2) is 6.54 Å². The summed E-state index contributed by atoms with van der Waals surface area (Å²) >= 11 is 12.0. The molecule has 0 aliphatic carbocycles. The normalized spacial score (nSPS) is 9.75. The highest BCUT2D eigenvalue weighted by Gasteiger charge is 2.06. The van der Waals surface area contributed by atoms with E-state index in [9.17, 15) is 0 Å². The second-order valence-electron chi connectivity index (χ2n) is 4.00. The largest absolute Gasteiger partial charge is 0.487 e. The van der Waals surface area contributed by atoms with Crippen LogP contribution < -0.4 is 10.5 Å². The van der Waals surface area contributed by atoms with E-state index in [4.69, 9.17) is 33.7 Å². The monoisotopic (exact) mass is 305 g/mol. The number of nitrogens with two attached hydrogens (primary N) is 1. The van der Waals surface area contributed by atoms with Crippen LogP contribution in [0, 0.1) is 11.8 Å². The van der Waals surface area contributed by atoms with Gasteiger partial charge < -0.3 is 10.5 Å². The molecule has 2 nitrogen and oxygen atoms in total. The van der Waals surface area contributed by atoms with E-state index in [0.29, 0.717) is 28.9 Å². The zero-order valence-electron chi connectivity index (χ0n) is 10.7. The number of ether oxygens (including phenoxy) is 1. The molecule has 0 spiro atoms. The van der Waals surface area contributed by atoms with Crippen LogP contribution in [0.4, 0.5) is 0 Å². The van der Waals surface area contributed by atoms with Gasteiger partial charge in [-0.15, -0.1) is 0 Å². The quantitative estimate of drug-likeness (QED) is 0.873. The first-order chi connectivity index (χ1) is 9.72. The van der Waals surface area contributed by atoms with Crippen LogP contribution in [0.25, 0.3) is 0 Å². The molecular weight excluding hydrogens is 293 g/mol. The zero-order chi connectivity index (χ0) is 14.4. The Hall–Kier alpha value is -1.66. The Morgan fingerprint density at radius 1 is 1.05 bits per heavy atom. The lowest BCUT2D eigenvalue weighted by Gasteiger charge is -2.10. The first-order valence-corrected chi connectivity index (χ1v) is 6.81. The van der Waals surface area contributed by atoms with Crippen LogP contribution in [0.5, 0.6) is 5.75 Å². The lowest BCUT2D eigenvalue weighted by atomic mass is 10.1. The second kappa shape index (κ2) is 7.21. The molecule has 2 N–H and O–H groups in total. The SMILES string of the molecule is NCC#Cc1ccccc1COc1cccc(Cl)c1Cl. The van der Waals surface area contributed by atoms with Crippen LogP contribution in [0.1, 0.15) is 11.1 Å². The van der Waals surface area contributed by atoms with Crippen LogP contribution in [0.3, 0.4) is 0 Å². The highest BCUT2D eigenvalue weighted by Crippen LogP contribution is 2.32. The Morgan fingerprint density at radius 2 is 1.85 bits per heavy atom. The minimum atomic E-state index is 0.329. The molecule has 0 saturated heterocycles. The summed E-state index contributed by atoms with van der Waals surface area (Å²) in [5.41, 5.74) is 7.27. The fourth-order valence-electron chi connectivity index (χ4n) is 1.67. The zero-order valence-corrected chi connectivity index (χ0v) is 12.2. The molecule has 0 radical (unpaired) electrons. The molecule has 2 rings (SSSR count). The van der Waals surface area contributed by atoms with Gasteiger partial charge in [-0.05, 0) is 18.2 Å². The molecule has 4 heteroatoms. The van der Waals surface area contributed by atoms with Gasteiger partial charge in [-0.1, -0.05) is 59.3 Å². The second-order valence-corrected chi connectivity index (χ2v) is 4.79. The van der Waals surface area contributed by atoms with E-state index in [1.807, 2.05) is 24.3 Å². The molecule has 0 aromatic heterocycles. The van der Waals surface area contributed by atoms with Gasteiger partial charge in [0.05, 0.1) is 11.6 Å². The van der Waals surface area contributed by atoms with Crippen molar-refractivity contribution in [3.05, 3.63) is 63.6 Å². The van der Waals surface area contributed by atoms with Gasteiger partial charge >= 0.3 is 0 Å². The van der Waals surface area contributed by atoms with Gasteiger partial charge in [-0.25, -0.2) is 0 Å². The third-order valence-electron chi connectivity index (χ3n) is 2.64. The fourth-order valence-corrected chi connectivity index (χ4v) is 2.01. The van der Waals surface area contributed by atoms with E-state index in [1.165, 1.54) is 0 Å². The summed E-state index contributed by atoms with van der Waals surface area (Å²) in [6.07, 6.45) is 0. The topological polar surface area (TPSA) is 35.2 Å². The van der Waals surface area contributed by atoms with Gasteiger partial charge in [0.15, 0.2) is 0 Å². The molecule has 2 aromatic carbocycles. The Morgan fingerprint density at radius 3 is 2.65 bits per heavy atom. The van der Waals surface area contributed by atoms with Crippen molar-refractivity contribution in [2.45, 2.75) is 6.61 Å². The van der Waals surface area contributed by atoms with Crippen LogP contribution in [-0.2, 0) is 6.61 Å². The van der Waals surface area contributed by atoms with Crippen LogP contribution in [0.15, 0.2) is 42.5 Å². The van der Waals surface area contributed by atoms with Gasteiger partial charge in [0, 0.05) is 11.1 Å². The van der Waals surface area contributed by atoms with E-state index in [-0.39, 0.29) is 0 Å². The Balaban J connectivity index is 2.17. The smallest absolute Gasteiger partial charge is 0.139 e. The summed E-state index contributed by atoms with van der Waals surface area (Å²) < 4.78 is 5.71. The minimum Gasteiger partial charge on any atom is -0.487 e. The number of hydrogen-bond acceptors (Lipinski definition) is 2. The minimum absolute atomic E-state index is 0.329. The first kappa shape index (κ1) is 14.7. The van der Waals surface area contributed by atoms with Crippen molar-refractivity contribution < 1.29 is 4.74 Å². The van der Waals surface area contributed by atoms with Gasteiger partial charge in [-0.2, -0.15) is 0 Å². The maximum Gasteiger partial charge on any atom is 0.139 e. The summed E-state index contributed by atoms with van der Waals surface area (Å²) in [6, 6.07) is 13.0. The van der Waals surface area contributed by atoms with Crippen LogP contribution in [0.2, 0.25) is 10.0 Å². The fraction of sp³-hybridized carbons (Fsp3) is 0.125.